The number of para-hydroxylation sites is 1. The molecule has 0 atom stereocenters. The number of fused-ring (bicyclic) bond motifs is 2. The largest absolute Gasteiger partial charge is 0.342 e. The van der Waals surface area contributed by atoms with Crippen molar-refractivity contribution in [3.63, 3.8) is 0 Å². The van der Waals surface area contributed by atoms with Crippen LogP contribution in [0.5, 0.6) is 0 Å². The molecule has 0 spiro atoms. The summed E-state index contributed by atoms with van der Waals surface area (Å²) in [7, 11) is 0. The van der Waals surface area contributed by atoms with Gasteiger partial charge in [0.25, 0.3) is 5.91 Å². The summed E-state index contributed by atoms with van der Waals surface area (Å²) in [6, 6.07) is 19.9. The SMILES string of the molecule is Cc1cccc(NC(=O)c2c(N=Cc3cn(Cc4ccc(Cl)cc4Cl)c4ccccc34)sc3c2CCCCCC3)c1C. The van der Waals surface area contributed by atoms with Gasteiger partial charge in [0.05, 0.1) is 5.56 Å². The van der Waals surface area contributed by atoms with Crippen LogP contribution in [0.4, 0.5) is 10.7 Å². The summed E-state index contributed by atoms with van der Waals surface area (Å²) in [4.78, 5) is 20.2. The van der Waals surface area contributed by atoms with Gasteiger partial charge >= 0.3 is 0 Å². The zero-order chi connectivity index (χ0) is 29.2. The number of hydrogen-bond acceptors (Lipinski definition) is 3. The molecular weight excluding hydrogens is 581 g/mol. The highest BCUT2D eigenvalue weighted by Crippen LogP contribution is 2.40. The molecule has 1 N–H and O–H groups in total. The monoisotopic (exact) mass is 613 g/mol. The third-order valence-electron chi connectivity index (χ3n) is 8.23. The van der Waals surface area contributed by atoms with Gasteiger partial charge in [-0.3, -0.25) is 4.79 Å². The van der Waals surface area contributed by atoms with Crippen molar-refractivity contribution in [2.45, 2.75) is 58.9 Å². The van der Waals surface area contributed by atoms with Gasteiger partial charge in [-0.15, -0.1) is 11.3 Å². The van der Waals surface area contributed by atoms with Crippen molar-refractivity contribution in [2.24, 2.45) is 4.99 Å². The van der Waals surface area contributed by atoms with Crippen molar-refractivity contribution in [3.8, 4) is 0 Å². The van der Waals surface area contributed by atoms with Crippen LogP contribution in [0, 0.1) is 13.8 Å². The van der Waals surface area contributed by atoms with Crippen LogP contribution >= 0.6 is 34.5 Å². The number of carbonyl (C=O) groups excluding carboxylic acids is 1. The lowest BCUT2D eigenvalue weighted by Gasteiger charge is -2.13. The number of hydrogen-bond donors (Lipinski definition) is 1. The number of halogens is 2. The van der Waals surface area contributed by atoms with Gasteiger partial charge in [0, 0.05) is 56.0 Å². The van der Waals surface area contributed by atoms with E-state index in [4.69, 9.17) is 28.2 Å². The van der Waals surface area contributed by atoms with Crippen molar-refractivity contribution < 1.29 is 4.79 Å². The van der Waals surface area contributed by atoms with E-state index in [9.17, 15) is 4.79 Å². The minimum atomic E-state index is -0.0752. The maximum Gasteiger partial charge on any atom is 0.259 e. The summed E-state index contributed by atoms with van der Waals surface area (Å²) < 4.78 is 2.19. The Morgan fingerprint density at radius 2 is 1.81 bits per heavy atom. The molecule has 0 fully saturated rings. The second-order valence-corrected chi connectivity index (χ2v) is 13.0. The molecule has 4 nitrogen and oxygen atoms in total. The van der Waals surface area contributed by atoms with Crippen molar-refractivity contribution in [1.29, 1.82) is 0 Å². The van der Waals surface area contributed by atoms with Crippen LogP contribution in [0.1, 0.15) is 68.7 Å². The molecule has 0 saturated carbocycles. The van der Waals surface area contributed by atoms with Gasteiger partial charge in [0.15, 0.2) is 0 Å². The summed E-state index contributed by atoms with van der Waals surface area (Å²) in [6.07, 6.45) is 10.6. The van der Waals surface area contributed by atoms with Gasteiger partial charge in [0.1, 0.15) is 5.00 Å². The van der Waals surface area contributed by atoms with Gasteiger partial charge in [-0.2, -0.15) is 0 Å². The van der Waals surface area contributed by atoms with E-state index in [1.807, 2.05) is 42.6 Å². The zero-order valence-electron chi connectivity index (χ0n) is 23.8. The fraction of sp³-hybridized carbons (Fsp3) is 0.257. The molecule has 1 aliphatic carbocycles. The Kier molecular flexibility index (Phi) is 8.53. The third kappa shape index (κ3) is 5.92. The second-order valence-electron chi connectivity index (χ2n) is 11.0. The van der Waals surface area contributed by atoms with Crippen LogP contribution in [0.25, 0.3) is 10.9 Å². The Morgan fingerprint density at radius 1 is 1.00 bits per heavy atom. The van der Waals surface area contributed by atoms with Crippen LogP contribution in [0.2, 0.25) is 10.0 Å². The Labute approximate surface area is 261 Å². The number of nitrogens with zero attached hydrogens (tertiary/aromatic N) is 2. The minimum Gasteiger partial charge on any atom is -0.342 e. The van der Waals surface area contributed by atoms with E-state index >= 15 is 0 Å². The van der Waals surface area contributed by atoms with Crippen LogP contribution in [-0.2, 0) is 19.4 Å². The van der Waals surface area contributed by atoms with Crippen molar-refractivity contribution in [1.82, 2.24) is 4.57 Å². The standard InChI is InChI=1S/C35H33Cl2N3OS/c1-22-10-9-13-30(23(22)2)39-34(41)33-28-12-5-3-4-6-15-32(28)42-35(33)38-19-25-21-40(31-14-8-7-11-27(25)31)20-24-16-17-26(36)18-29(24)37/h7-11,13-14,16-19,21H,3-6,12,15,20H2,1-2H3,(H,39,41). The molecule has 42 heavy (non-hydrogen) atoms. The number of carbonyl (C=O) groups is 1. The topological polar surface area (TPSA) is 46.4 Å². The van der Waals surface area contributed by atoms with Crippen molar-refractivity contribution in [3.05, 3.63) is 115 Å². The van der Waals surface area contributed by atoms with Crippen LogP contribution in [-0.4, -0.2) is 16.7 Å². The quantitative estimate of drug-likeness (QED) is 0.190. The molecular formula is C35H33Cl2N3OS. The number of amides is 1. The summed E-state index contributed by atoms with van der Waals surface area (Å²) in [5, 5.41) is 6.36. The lowest BCUT2D eigenvalue weighted by atomic mass is 9.96. The van der Waals surface area contributed by atoms with Gasteiger partial charge in [-0.25, -0.2) is 4.99 Å². The van der Waals surface area contributed by atoms with Crippen molar-refractivity contribution >= 4 is 68.3 Å². The van der Waals surface area contributed by atoms with E-state index in [1.165, 1.54) is 23.3 Å². The third-order valence-corrected chi connectivity index (χ3v) is 10.0. The van der Waals surface area contributed by atoms with E-state index in [-0.39, 0.29) is 5.91 Å². The first-order valence-electron chi connectivity index (χ1n) is 14.5. The molecule has 0 unspecified atom stereocenters. The number of benzene rings is 3. The Balaban J connectivity index is 1.38. The number of aromatic nitrogens is 1. The number of rotatable bonds is 6. The number of aliphatic imine (C=N–C) groups is 1. The Hall–Kier alpha value is -3.38. The van der Waals surface area contributed by atoms with E-state index in [0.29, 0.717) is 16.6 Å². The molecule has 6 rings (SSSR count). The maximum atomic E-state index is 13.9. The van der Waals surface area contributed by atoms with Gasteiger partial charge in [-0.1, -0.05) is 72.4 Å². The zero-order valence-corrected chi connectivity index (χ0v) is 26.2. The normalized spacial score (nSPS) is 13.7. The first kappa shape index (κ1) is 28.7. The molecule has 0 radical (unpaired) electrons. The molecule has 2 aromatic heterocycles. The first-order chi connectivity index (χ1) is 20.4. The van der Waals surface area contributed by atoms with Crippen molar-refractivity contribution in [2.75, 3.05) is 5.32 Å². The van der Waals surface area contributed by atoms with E-state index in [1.54, 1.807) is 17.4 Å². The van der Waals surface area contributed by atoms with E-state index in [0.717, 1.165) is 75.1 Å². The lowest BCUT2D eigenvalue weighted by Crippen LogP contribution is -2.15. The van der Waals surface area contributed by atoms with Gasteiger partial charge in [0.2, 0.25) is 0 Å². The van der Waals surface area contributed by atoms with Gasteiger partial charge in [-0.05, 0) is 86.1 Å². The van der Waals surface area contributed by atoms with E-state index < -0.39 is 0 Å². The minimum absolute atomic E-state index is 0.0752. The molecule has 0 bridgehead atoms. The summed E-state index contributed by atoms with van der Waals surface area (Å²) in [6.45, 7) is 4.73. The number of anilines is 1. The first-order valence-corrected chi connectivity index (χ1v) is 16.0. The molecule has 1 amide bonds. The molecule has 0 saturated heterocycles. The molecule has 2 heterocycles. The Morgan fingerprint density at radius 3 is 2.64 bits per heavy atom. The van der Waals surface area contributed by atoms with Crippen LogP contribution in [0.15, 0.2) is 71.9 Å². The molecule has 1 aliphatic rings. The highest BCUT2D eigenvalue weighted by molar-refractivity contribution is 7.16. The second kappa shape index (κ2) is 12.5. The summed E-state index contributed by atoms with van der Waals surface area (Å²) in [5.74, 6) is -0.0752. The summed E-state index contributed by atoms with van der Waals surface area (Å²) >= 11 is 14.3. The predicted octanol–water partition coefficient (Wildman–Crippen LogP) is 10.3. The van der Waals surface area contributed by atoms with E-state index in [2.05, 4.69) is 48.1 Å². The summed E-state index contributed by atoms with van der Waals surface area (Å²) in [5.41, 5.74) is 8.08. The maximum absolute atomic E-state index is 13.9. The molecule has 7 heteroatoms. The predicted molar refractivity (Wildman–Crippen MR) is 179 cm³/mol. The molecule has 5 aromatic rings. The average molecular weight is 615 g/mol. The fourth-order valence-electron chi connectivity index (χ4n) is 5.77. The number of aryl methyl sites for hydroxylation is 2. The highest BCUT2D eigenvalue weighted by Gasteiger charge is 2.25. The fourth-order valence-corrected chi connectivity index (χ4v) is 7.47. The number of thiophene rings is 1. The molecule has 214 valence electrons. The van der Waals surface area contributed by atoms with Crippen LogP contribution in [0.3, 0.4) is 0 Å². The average Bonchev–Trinajstić information content (AvgIpc) is 3.48. The Bertz CT molecular complexity index is 1820. The smallest absolute Gasteiger partial charge is 0.259 e. The molecule has 0 aliphatic heterocycles. The van der Waals surface area contributed by atoms with Gasteiger partial charge < -0.3 is 9.88 Å². The van der Waals surface area contributed by atoms with Crippen LogP contribution < -0.4 is 5.32 Å². The highest BCUT2D eigenvalue weighted by atomic mass is 35.5. The number of nitrogens with one attached hydrogen (secondary N) is 1. The lowest BCUT2D eigenvalue weighted by molar-refractivity contribution is 0.102. The molecule has 3 aromatic carbocycles.